The minimum atomic E-state index is -0.424. The number of rotatable bonds is 4. The summed E-state index contributed by atoms with van der Waals surface area (Å²) < 4.78 is 0. The topological polar surface area (TPSA) is 28.0 Å². The maximum Gasteiger partial charge on any atom is 0.158 e. The first-order chi connectivity index (χ1) is 24.5. The van der Waals surface area contributed by atoms with Crippen LogP contribution >= 0.6 is 0 Å². The van der Waals surface area contributed by atoms with E-state index in [1.54, 1.807) is 0 Å². The van der Waals surface area contributed by atoms with Crippen LogP contribution in [0.4, 0.5) is 0 Å². The minimum absolute atomic E-state index is 0.0147. The molecule has 1 heterocycles. The number of allylic oxidation sites excluding steroid dienone is 2. The van der Waals surface area contributed by atoms with Crippen LogP contribution in [0.1, 0.15) is 170 Å². The SMILES string of the molecule is CC(C)(C)C1=CC(N2CN=C(c3cc(C(C)(C)C)cc(C(C)(C)C)c3)N=C2c2cc(C(C)(C)C)cc(C(C)(C)C)c2)(C(C)(C)C)CC(c2ccccc2)=C1. The van der Waals surface area contributed by atoms with Crippen LogP contribution in [0.5, 0.6) is 0 Å². The second-order valence-corrected chi connectivity index (χ2v) is 22.3. The lowest BCUT2D eigenvalue weighted by atomic mass is 9.63. The molecule has 0 N–H and O–H groups in total. The van der Waals surface area contributed by atoms with E-state index >= 15 is 0 Å². The second kappa shape index (κ2) is 13.8. The highest BCUT2D eigenvalue weighted by Gasteiger charge is 2.50. The maximum atomic E-state index is 5.76. The zero-order chi connectivity index (χ0) is 40.4. The van der Waals surface area contributed by atoms with Crippen LogP contribution in [0.15, 0.2) is 94.4 Å². The lowest BCUT2D eigenvalue weighted by Gasteiger charge is -2.54. The van der Waals surface area contributed by atoms with E-state index in [-0.39, 0.29) is 32.5 Å². The van der Waals surface area contributed by atoms with E-state index in [4.69, 9.17) is 9.98 Å². The van der Waals surface area contributed by atoms with Gasteiger partial charge >= 0.3 is 0 Å². The first-order valence-electron chi connectivity index (χ1n) is 20.2. The van der Waals surface area contributed by atoms with Gasteiger partial charge in [-0.1, -0.05) is 179 Å². The summed E-state index contributed by atoms with van der Waals surface area (Å²) in [7, 11) is 0. The summed E-state index contributed by atoms with van der Waals surface area (Å²) in [6.45, 7) is 42.5. The van der Waals surface area contributed by atoms with E-state index in [9.17, 15) is 0 Å². The van der Waals surface area contributed by atoms with E-state index in [1.165, 1.54) is 39.0 Å². The van der Waals surface area contributed by atoms with Crippen LogP contribution in [-0.2, 0) is 21.7 Å². The molecular formula is C51H71N3. The van der Waals surface area contributed by atoms with Crippen LogP contribution in [-0.4, -0.2) is 28.8 Å². The summed E-state index contributed by atoms with van der Waals surface area (Å²) in [6.07, 6.45) is 5.90. The molecule has 3 heteroatoms. The van der Waals surface area contributed by atoms with Gasteiger partial charge in [-0.05, 0) is 95.7 Å². The molecule has 3 aromatic carbocycles. The Balaban J connectivity index is 1.86. The Morgan fingerprint density at radius 3 is 1.37 bits per heavy atom. The van der Waals surface area contributed by atoms with Crippen molar-refractivity contribution in [1.82, 2.24) is 4.90 Å². The normalized spacial score (nSPS) is 19.3. The average molecular weight is 726 g/mol. The molecule has 1 aliphatic heterocycles. The van der Waals surface area contributed by atoms with Crippen molar-refractivity contribution in [2.45, 2.75) is 158 Å². The van der Waals surface area contributed by atoms with Gasteiger partial charge in [0.25, 0.3) is 0 Å². The van der Waals surface area contributed by atoms with Gasteiger partial charge in [0.05, 0.1) is 5.54 Å². The van der Waals surface area contributed by atoms with E-state index in [1.807, 2.05) is 0 Å². The Morgan fingerprint density at radius 2 is 0.963 bits per heavy atom. The van der Waals surface area contributed by atoms with Crippen LogP contribution in [0, 0.1) is 10.8 Å². The van der Waals surface area contributed by atoms with Gasteiger partial charge < -0.3 is 4.90 Å². The summed E-state index contributed by atoms with van der Waals surface area (Å²) in [5, 5.41) is 0. The Morgan fingerprint density at radius 1 is 0.519 bits per heavy atom. The molecule has 1 atom stereocenters. The summed E-state index contributed by atoms with van der Waals surface area (Å²) in [5.41, 5.74) is 10.8. The number of aliphatic imine (C=N–C) groups is 2. The van der Waals surface area contributed by atoms with Crippen LogP contribution in [0.25, 0.3) is 5.57 Å². The largest absolute Gasteiger partial charge is 0.326 e. The average Bonchev–Trinajstić information content (AvgIpc) is 3.05. The molecule has 1 unspecified atom stereocenters. The fourth-order valence-electron chi connectivity index (χ4n) is 7.55. The summed E-state index contributed by atoms with van der Waals surface area (Å²) in [4.78, 5) is 13.8. The molecule has 0 amide bonds. The van der Waals surface area contributed by atoms with Gasteiger partial charge in [0.15, 0.2) is 5.84 Å². The molecule has 0 radical (unpaired) electrons. The van der Waals surface area contributed by atoms with Gasteiger partial charge in [0.1, 0.15) is 12.5 Å². The maximum absolute atomic E-state index is 5.76. The first kappa shape index (κ1) is 41.4. The van der Waals surface area contributed by atoms with E-state index in [2.05, 4.69) is 208 Å². The predicted octanol–water partition coefficient (Wildman–Crippen LogP) is 13.6. The fourth-order valence-corrected chi connectivity index (χ4v) is 7.55. The number of hydrogen-bond acceptors (Lipinski definition) is 3. The number of nitrogens with zero attached hydrogens (tertiary/aromatic N) is 3. The monoisotopic (exact) mass is 726 g/mol. The van der Waals surface area contributed by atoms with Crippen molar-refractivity contribution in [3.05, 3.63) is 123 Å². The summed E-state index contributed by atoms with van der Waals surface area (Å²) in [5.74, 6) is 1.82. The molecule has 0 fully saturated rings. The summed E-state index contributed by atoms with van der Waals surface area (Å²) >= 11 is 0. The van der Waals surface area contributed by atoms with Crippen molar-refractivity contribution in [3.63, 3.8) is 0 Å². The highest BCUT2D eigenvalue weighted by atomic mass is 15.3. The van der Waals surface area contributed by atoms with Crippen molar-refractivity contribution in [3.8, 4) is 0 Å². The van der Waals surface area contributed by atoms with Gasteiger partial charge in [0.2, 0.25) is 0 Å². The highest BCUT2D eigenvalue weighted by molar-refractivity contribution is 6.13. The van der Waals surface area contributed by atoms with Crippen LogP contribution in [0.2, 0.25) is 0 Å². The predicted molar refractivity (Wildman–Crippen MR) is 236 cm³/mol. The molecule has 0 saturated heterocycles. The van der Waals surface area contributed by atoms with Crippen molar-refractivity contribution in [2.75, 3.05) is 6.67 Å². The third-order valence-corrected chi connectivity index (χ3v) is 11.7. The lowest BCUT2D eigenvalue weighted by molar-refractivity contribution is 0.0928. The standard InChI is InChI=1S/C51H71N3/c1-45(2,3)38-24-35(25-39(29-38)46(4,5)6)43-52-33-54(44(53-43)36-26-40(47(7,8)9)30-41(27-36)48(10,11)12)51(50(16,17)18)31-37(34-22-20-19-21-23-34)28-42(32-51)49(13,14)15/h19-30,32H,31,33H2,1-18H3. The van der Waals surface area contributed by atoms with E-state index in [0.717, 1.165) is 29.2 Å². The molecular weight excluding hydrogens is 655 g/mol. The highest BCUT2D eigenvalue weighted by Crippen LogP contribution is 2.51. The molecule has 5 rings (SSSR count). The molecule has 1 aliphatic carbocycles. The molecule has 290 valence electrons. The molecule has 3 aromatic rings. The van der Waals surface area contributed by atoms with Gasteiger partial charge in [-0.15, -0.1) is 0 Å². The lowest BCUT2D eigenvalue weighted by Crippen LogP contribution is -2.60. The second-order valence-electron chi connectivity index (χ2n) is 22.3. The first-order valence-corrected chi connectivity index (χ1v) is 20.2. The van der Waals surface area contributed by atoms with Gasteiger partial charge in [-0.2, -0.15) is 0 Å². The third-order valence-electron chi connectivity index (χ3n) is 11.7. The van der Waals surface area contributed by atoms with E-state index in [0.29, 0.717) is 6.67 Å². The zero-order valence-electron chi connectivity index (χ0n) is 37.3. The zero-order valence-corrected chi connectivity index (χ0v) is 37.3. The Labute approximate surface area is 330 Å². The van der Waals surface area contributed by atoms with Gasteiger partial charge in [0, 0.05) is 17.5 Å². The fraction of sp³-hybridized carbons (Fsp3) is 0.529. The molecule has 0 bridgehead atoms. The molecule has 0 spiro atoms. The summed E-state index contributed by atoms with van der Waals surface area (Å²) in [6, 6.07) is 25.3. The van der Waals surface area contributed by atoms with Gasteiger partial charge in [-0.25, -0.2) is 9.98 Å². The van der Waals surface area contributed by atoms with Crippen molar-refractivity contribution >= 4 is 17.2 Å². The Kier molecular flexibility index (Phi) is 10.6. The molecule has 54 heavy (non-hydrogen) atoms. The van der Waals surface area contributed by atoms with Crippen molar-refractivity contribution in [1.29, 1.82) is 0 Å². The number of benzene rings is 3. The number of amidine groups is 2. The van der Waals surface area contributed by atoms with Crippen LogP contribution in [0.3, 0.4) is 0 Å². The Bertz CT molecular complexity index is 1930. The van der Waals surface area contributed by atoms with Crippen molar-refractivity contribution in [2.24, 2.45) is 20.8 Å². The minimum Gasteiger partial charge on any atom is -0.326 e. The molecule has 3 nitrogen and oxygen atoms in total. The Hall–Kier alpha value is -3.72. The van der Waals surface area contributed by atoms with Gasteiger partial charge in [-0.3, -0.25) is 0 Å². The van der Waals surface area contributed by atoms with Crippen LogP contribution < -0.4 is 0 Å². The molecule has 0 saturated carbocycles. The molecule has 0 aromatic heterocycles. The third kappa shape index (κ3) is 8.56. The molecule has 2 aliphatic rings. The van der Waals surface area contributed by atoms with E-state index < -0.39 is 5.54 Å². The number of hydrogen-bond donors (Lipinski definition) is 0. The van der Waals surface area contributed by atoms with Crippen molar-refractivity contribution < 1.29 is 0 Å². The smallest absolute Gasteiger partial charge is 0.158 e. The quantitative estimate of drug-likeness (QED) is 0.263.